The first-order chi connectivity index (χ1) is 7.93. The van der Waals surface area contributed by atoms with E-state index in [0.29, 0.717) is 6.04 Å². The summed E-state index contributed by atoms with van der Waals surface area (Å²) in [5.74, 6) is 0.966. The first-order valence-corrected chi connectivity index (χ1v) is 6.40. The Hall–Kier alpha value is -1.13. The Morgan fingerprint density at radius 2 is 2.50 bits per heavy atom. The zero-order valence-electron chi connectivity index (χ0n) is 8.98. The normalized spacial score (nSPS) is 20.4. The molecule has 3 rings (SSSR count). The predicted molar refractivity (Wildman–Crippen MR) is 66.1 cm³/mol. The molecule has 1 saturated heterocycles. The minimum atomic E-state index is 0.517. The van der Waals surface area contributed by atoms with Gasteiger partial charge in [0.1, 0.15) is 12.4 Å². The summed E-state index contributed by atoms with van der Waals surface area (Å²) in [6.07, 6.45) is 4.37. The fourth-order valence-corrected chi connectivity index (χ4v) is 2.79. The van der Waals surface area contributed by atoms with Gasteiger partial charge in [0.2, 0.25) is 0 Å². The second-order valence-electron chi connectivity index (χ2n) is 4.10. The second kappa shape index (κ2) is 4.39. The van der Waals surface area contributed by atoms with Crippen LogP contribution in [-0.4, -0.2) is 23.6 Å². The number of aromatic nitrogens is 1. The number of nitrogens with one attached hydrogen (secondary N) is 1. The lowest BCUT2D eigenvalue weighted by atomic mass is 10.2. The first kappa shape index (κ1) is 10.1. The van der Waals surface area contributed by atoms with E-state index in [4.69, 9.17) is 4.74 Å². The third-order valence-corrected chi connectivity index (χ3v) is 3.78. The van der Waals surface area contributed by atoms with Crippen molar-refractivity contribution in [2.24, 2.45) is 0 Å². The van der Waals surface area contributed by atoms with Crippen molar-refractivity contribution in [3.05, 3.63) is 24.4 Å². The summed E-state index contributed by atoms with van der Waals surface area (Å²) in [6, 6.07) is 6.63. The fourth-order valence-electron chi connectivity index (χ4n) is 2.07. The highest BCUT2D eigenvalue weighted by atomic mass is 32.1. The van der Waals surface area contributed by atoms with Gasteiger partial charge in [-0.15, -0.1) is 0 Å². The van der Waals surface area contributed by atoms with Crippen LogP contribution < -0.4 is 10.1 Å². The highest BCUT2D eigenvalue weighted by Crippen LogP contribution is 2.28. The number of ether oxygens (including phenoxy) is 1. The zero-order chi connectivity index (χ0) is 10.8. The molecule has 0 bridgehead atoms. The van der Waals surface area contributed by atoms with Gasteiger partial charge in [0.05, 0.1) is 4.70 Å². The first-order valence-electron chi connectivity index (χ1n) is 5.63. The molecule has 1 aliphatic rings. The molecule has 1 aromatic carbocycles. The molecule has 1 aromatic heterocycles. The monoisotopic (exact) mass is 234 g/mol. The maximum absolute atomic E-state index is 5.87. The van der Waals surface area contributed by atoms with Crippen LogP contribution in [0.3, 0.4) is 0 Å². The van der Waals surface area contributed by atoms with E-state index in [-0.39, 0.29) is 0 Å². The largest absolute Gasteiger partial charge is 0.490 e. The van der Waals surface area contributed by atoms with Crippen molar-refractivity contribution in [3.8, 4) is 5.75 Å². The van der Waals surface area contributed by atoms with Gasteiger partial charge >= 0.3 is 0 Å². The third kappa shape index (κ3) is 1.90. The number of hydrogen-bond acceptors (Lipinski definition) is 4. The molecule has 3 nitrogen and oxygen atoms in total. The summed E-state index contributed by atoms with van der Waals surface area (Å²) in [4.78, 5) is 0. The summed E-state index contributed by atoms with van der Waals surface area (Å²) in [5.41, 5.74) is 0. The molecule has 0 aliphatic carbocycles. The van der Waals surface area contributed by atoms with Gasteiger partial charge in [-0.2, -0.15) is 4.37 Å². The molecule has 1 N–H and O–H groups in total. The van der Waals surface area contributed by atoms with Crippen LogP contribution >= 0.6 is 11.5 Å². The molecule has 1 aliphatic heterocycles. The number of rotatable bonds is 3. The summed E-state index contributed by atoms with van der Waals surface area (Å²) >= 11 is 1.50. The smallest absolute Gasteiger partial charge is 0.138 e. The molecule has 0 amide bonds. The van der Waals surface area contributed by atoms with Gasteiger partial charge in [-0.05, 0) is 37.0 Å². The highest BCUT2D eigenvalue weighted by molar-refractivity contribution is 7.13. The summed E-state index contributed by atoms with van der Waals surface area (Å²) in [6.45, 7) is 1.88. The summed E-state index contributed by atoms with van der Waals surface area (Å²) in [5, 5.41) is 4.60. The topological polar surface area (TPSA) is 34.1 Å². The van der Waals surface area contributed by atoms with Crippen molar-refractivity contribution in [1.29, 1.82) is 0 Å². The predicted octanol–water partition coefficient (Wildman–Crippen LogP) is 2.43. The Morgan fingerprint density at radius 3 is 3.38 bits per heavy atom. The molecule has 4 heteroatoms. The van der Waals surface area contributed by atoms with Gasteiger partial charge in [-0.1, -0.05) is 12.1 Å². The Morgan fingerprint density at radius 1 is 1.50 bits per heavy atom. The average Bonchev–Trinajstić information content (AvgIpc) is 2.97. The summed E-state index contributed by atoms with van der Waals surface area (Å²) < 4.78 is 11.2. The zero-order valence-corrected chi connectivity index (χ0v) is 9.80. The molecule has 1 unspecified atom stereocenters. The molecule has 2 heterocycles. The fraction of sp³-hybridized carbons (Fsp3) is 0.417. The lowest BCUT2D eigenvalue weighted by Crippen LogP contribution is -2.28. The van der Waals surface area contributed by atoms with E-state index in [1.54, 1.807) is 0 Å². The Balaban J connectivity index is 1.75. The van der Waals surface area contributed by atoms with E-state index in [1.165, 1.54) is 29.8 Å². The van der Waals surface area contributed by atoms with Crippen LogP contribution in [0.4, 0.5) is 0 Å². The molecule has 0 radical (unpaired) electrons. The van der Waals surface area contributed by atoms with Crippen LogP contribution in [0.2, 0.25) is 0 Å². The lowest BCUT2D eigenvalue weighted by molar-refractivity contribution is 0.280. The minimum absolute atomic E-state index is 0.517. The van der Waals surface area contributed by atoms with E-state index < -0.39 is 0 Å². The van der Waals surface area contributed by atoms with Crippen molar-refractivity contribution in [2.45, 2.75) is 18.9 Å². The van der Waals surface area contributed by atoms with E-state index >= 15 is 0 Å². The van der Waals surface area contributed by atoms with Gasteiger partial charge in [-0.3, -0.25) is 0 Å². The minimum Gasteiger partial charge on any atom is -0.490 e. The standard InChI is InChI=1S/C12H14N2OS/c1-3-9-7-14-16-12(9)11(5-1)15-8-10-4-2-6-13-10/h1,3,5,7,10,13H,2,4,6,8H2. The molecule has 84 valence electrons. The number of hydrogen-bond donors (Lipinski definition) is 1. The molecular weight excluding hydrogens is 220 g/mol. The quantitative estimate of drug-likeness (QED) is 0.885. The SMILES string of the molecule is c1cc(OCC2CCCN2)c2sncc2c1. The number of nitrogens with zero attached hydrogens (tertiary/aromatic N) is 1. The van der Waals surface area contributed by atoms with Gasteiger partial charge in [-0.25, -0.2) is 0 Å². The third-order valence-electron chi connectivity index (χ3n) is 2.95. The van der Waals surface area contributed by atoms with E-state index in [9.17, 15) is 0 Å². The lowest BCUT2D eigenvalue weighted by Gasteiger charge is -2.12. The summed E-state index contributed by atoms with van der Waals surface area (Å²) in [7, 11) is 0. The van der Waals surface area contributed by atoms with Crippen molar-refractivity contribution < 1.29 is 4.74 Å². The Kier molecular flexibility index (Phi) is 2.76. The van der Waals surface area contributed by atoms with Gasteiger partial charge in [0.25, 0.3) is 0 Å². The van der Waals surface area contributed by atoms with Crippen molar-refractivity contribution >= 4 is 21.6 Å². The molecule has 16 heavy (non-hydrogen) atoms. The molecular formula is C12H14N2OS. The van der Waals surface area contributed by atoms with E-state index in [0.717, 1.165) is 23.6 Å². The maximum Gasteiger partial charge on any atom is 0.138 e. The van der Waals surface area contributed by atoms with Crippen LogP contribution in [0.5, 0.6) is 5.75 Å². The maximum atomic E-state index is 5.87. The van der Waals surface area contributed by atoms with Crippen LogP contribution in [0, 0.1) is 0 Å². The molecule has 0 saturated carbocycles. The molecule has 1 atom stereocenters. The van der Waals surface area contributed by atoms with Crippen molar-refractivity contribution in [1.82, 2.24) is 9.69 Å². The van der Waals surface area contributed by atoms with Crippen LogP contribution in [0.25, 0.3) is 10.1 Å². The van der Waals surface area contributed by atoms with E-state index in [2.05, 4.69) is 15.8 Å². The Labute approximate surface area is 98.6 Å². The van der Waals surface area contributed by atoms with Crippen LogP contribution in [0.1, 0.15) is 12.8 Å². The van der Waals surface area contributed by atoms with Gasteiger partial charge in [0, 0.05) is 17.6 Å². The molecule has 1 fully saturated rings. The number of benzene rings is 1. The molecule has 0 spiro atoms. The van der Waals surface area contributed by atoms with Crippen LogP contribution in [-0.2, 0) is 0 Å². The molecule has 2 aromatic rings. The van der Waals surface area contributed by atoms with E-state index in [1.807, 2.05) is 18.3 Å². The van der Waals surface area contributed by atoms with Crippen LogP contribution in [0.15, 0.2) is 24.4 Å². The van der Waals surface area contributed by atoms with Crippen molar-refractivity contribution in [3.63, 3.8) is 0 Å². The van der Waals surface area contributed by atoms with Crippen molar-refractivity contribution in [2.75, 3.05) is 13.2 Å². The highest BCUT2D eigenvalue weighted by Gasteiger charge is 2.15. The average molecular weight is 234 g/mol. The number of fused-ring (bicyclic) bond motifs is 1. The van der Waals surface area contributed by atoms with Gasteiger partial charge < -0.3 is 10.1 Å². The second-order valence-corrected chi connectivity index (χ2v) is 4.91. The van der Waals surface area contributed by atoms with Gasteiger partial charge in [0.15, 0.2) is 0 Å². The Bertz CT molecular complexity index is 477.